The summed E-state index contributed by atoms with van der Waals surface area (Å²) in [6, 6.07) is 7.48. The van der Waals surface area contributed by atoms with Crippen LogP contribution in [0.15, 0.2) is 30.5 Å². The number of primary amides is 1. The smallest absolute Gasteiger partial charge is 0.252 e. The van der Waals surface area contributed by atoms with Crippen LogP contribution >= 0.6 is 0 Å². The molecule has 0 unspecified atom stereocenters. The zero-order valence-corrected chi connectivity index (χ0v) is 17.2. The van der Waals surface area contributed by atoms with Crippen molar-refractivity contribution in [1.82, 2.24) is 19.7 Å². The lowest BCUT2D eigenvalue weighted by atomic mass is 10.1. The molecular weight excluding hydrogens is 384 g/mol. The number of likely N-dealkylation sites (tertiary alicyclic amines) is 1. The van der Waals surface area contributed by atoms with Crippen molar-refractivity contribution in [3.63, 3.8) is 0 Å². The van der Waals surface area contributed by atoms with Gasteiger partial charge in [0.2, 0.25) is 5.91 Å². The number of ether oxygens (including phenoxy) is 1. The van der Waals surface area contributed by atoms with E-state index in [2.05, 4.69) is 15.4 Å². The van der Waals surface area contributed by atoms with E-state index in [4.69, 9.17) is 10.5 Å². The molecular formula is C21H24N6O3. The number of hydrogen-bond donors (Lipinski definition) is 2. The molecule has 4 rings (SSSR count). The molecule has 3 heterocycles. The quantitative estimate of drug-likeness (QED) is 0.668. The summed E-state index contributed by atoms with van der Waals surface area (Å²) in [6.45, 7) is 4.72. The van der Waals surface area contributed by atoms with Crippen LogP contribution in [0.4, 0.5) is 11.4 Å². The standard InChI is InChI=1S/C21H24N6O3/c1-12-18-19(17(20(22)29)10-23-21(18)26(3)25-12)24-14-5-4-6-15(9-14)30-16-7-8-27(11-16)13(2)28/h4-6,9-10,16H,7-8,11H2,1-3H3,(H2,22,29)(H,23,24)/t16-/m0/s1. The van der Waals surface area contributed by atoms with Gasteiger partial charge < -0.3 is 20.7 Å². The van der Waals surface area contributed by atoms with Crippen molar-refractivity contribution < 1.29 is 14.3 Å². The molecule has 3 aromatic rings. The zero-order chi connectivity index (χ0) is 21.4. The van der Waals surface area contributed by atoms with Gasteiger partial charge in [-0.2, -0.15) is 5.10 Å². The minimum atomic E-state index is -0.571. The average molecular weight is 408 g/mol. The molecule has 1 fully saturated rings. The molecule has 0 saturated carbocycles. The van der Waals surface area contributed by atoms with E-state index in [1.54, 1.807) is 23.6 Å². The fraction of sp³-hybridized carbons (Fsp3) is 0.333. The monoisotopic (exact) mass is 408 g/mol. The van der Waals surface area contributed by atoms with Gasteiger partial charge in [-0.1, -0.05) is 6.07 Å². The van der Waals surface area contributed by atoms with Crippen LogP contribution < -0.4 is 15.8 Å². The van der Waals surface area contributed by atoms with Crippen LogP contribution in [0, 0.1) is 6.92 Å². The van der Waals surface area contributed by atoms with Gasteiger partial charge in [0, 0.05) is 44.9 Å². The Labute approximate surface area is 173 Å². The molecule has 1 saturated heterocycles. The maximum Gasteiger partial charge on any atom is 0.252 e. The van der Waals surface area contributed by atoms with Crippen molar-refractivity contribution >= 4 is 34.2 Å². The lowest BCUT2D eigenvalue weighted by molar-refractivity contribution is -0.128. The van der Waals surface area contributed by atoms with Crippen molar-refractivity contribution in [3.8, 4) is 5.75 Å². The number of amides is 2. The second kappa shape index (κ2) is 7.66. The summed E-state index contributed by atoms with van der Waals surface area (Å²) in [5.74, 6) is 0.172. The number of aryl methyl sites for hydroxylation is 2. The largest absolute Gasteiger partial charge is 0.488 e. The number of fused-ring (bicyclic) bond motifs is 1. The van der Waals surface area contributed by atoms with Crippen LogP contribution in [0.3, 0.4) is 0 Å². The Balaban J connectivity index is 1.63. The predicted octanol–water partition coefficient (Wildman–Crippen LogP) is 2.12. The van der Waals surface area contributed by atoms with Crippen molar-refractivity contribution in [1.29, 1.82) is 0 Å². The molecule has 3 N–H and O–H groups in total. The highest BCUT2D eigenvalue weighted by Crippen LogP contribution is 2.32. The number of nitrogens with one attached hydrogen (secondary N) is 1. The van der Waals surface area contributed by atoms with Gasteiger partial charge in [0.1, 0.15) is 11.9 Å². The molecule has 0 spiro atoms. The van der Waals surface area contributed by atoms with Crippen LogP contribution in [0.2, 0.25) is 0 Å². The Hall–Kier alpha value is -3.62. The topological polar surface area (TPSA) is 115 Å². The summed E-state index contributed by atoms with van der Waals surface area (Å²) < 4.78 is 7.74. The maximum atomic E-state index is 12.0. The SMILES string of the molecule is CC(=O)N1CC[C@H](Oc2cccc(Nc3c(C(N)=O)cnc4c3c(C)nn4C)c2)C1. The zero-order valence-electron chi connectivity index (χ0n) is 17.2. The summed E-state index contributed by atoms with van der Waals surface area (Å²) in [5, 5.41) is 8.45. The second-order valence-corrected chi connectivity index (χ2v) is 7.47. The summed E-state index contributed by atoms with van der Waals surface area (Å²) in [7, 11) is 1.80. The van der Waals surface area contributed by atoms with Gasteiger partial charge in [-0.3, -0.25) is 14.3 Å². The molecule has 0 aliphatic carbocycles. The Morgan fingerprint density at radius 1 is 1.33 bits per heavy atom. The number of anilines is 2. The first kappa shape index (κ1) is 19.7. The third-order valence-electron chi connectivity index (χ3n) is 5.29. The molecule has 1 aliphatic heterocycles. The maximum absolute atomic E-state index is 12.0. The second-order valence-electron chi connectivity index (χ2n) is 7.47. The van der Waals surface area contributed by atoms with Crippen molar-refractivity contribution in [2.75, 3.05) is 18.4 Å². The van der Waals surface area contributed by atoms with Crippen LogP contribution in [0.1, 0.15) is 29.4 Å². The van der Waals surface area contributed by atoms with Crippen molar-refractivity contribution in [2.45, 2.75) is 26.4 Å². The van der Waals surface area contributed by atoms with Gasteiger partial charge >= 0.3 is 0 Å². The Morgan fingerprint density at radius 2 is 2.13 bits per heavy atom. The summed E-state index contributed by atoms with van der Waals surface area (Å²) in [6.07, 6.45) is 2.21. The van der Waals surface area contributed by atoms with E-state index in [0.717, 1.165) is 23.2 Å². The lowest BCUT2D eigenvalue weighted by Gasteiger charge is -2.17. The van der Waals surface area contributed by atoms with Crippen molar-refractivity contribution in [2.24, 2.45) is 12.8 Å². The van der Waals surface area contributed by atoms with Crippen LogP contribution in [-0.2, 0) is 11.8 Å². The predicted molar refractivity (Wildman–Crippen MR) is 113 cm³/mol. The third kappa shape index (κ3) is 3.66. The molecule has 0 bridgehead atoms. The van der Waals surface area contributed by atoms with Crippen LogP contribution in [0.5, 0.6) is 5.75 Å². The van der Waals surface area contributed by atoms with E-state index in [1.807, 2.05) is 31.2 Å². The molecule has 156 valence electrons. The minimum Gasteiger partial charge on any atom is -0.488 e. The molecule has 1 aromatic carbocycles. The number of benzene rings is 1. The fourth-order valence-corrected chi connectivity index (χ4v) is 3.82. The van der Waals surface area contributed by atoms with E-state index >= 15 is 0 Å². The van der Waals surface area contributed by atoms with E-state index in [1.165, 1.54) is 6.20 Å². The molecule has 2 aromatic heterocycles. The van der Waals surface area contributed by atoms with Gasteiger partial charge in [-0.25, -0.2) is 4.98 Å². The van der Waals surface area contributed by atoms with E-state index in [-0.39, 0.29) is 17.6 Å². The number of nitrogens with two attached hydrogens (primary N) is 1. The van der Waals surface area contributed by atoms with Gasteiger partial charge in [0.15, 0.2) is 5.65 Å². The van der Waals surface area contributed by atoms with Gasteiger partial charge in [-0.05, 0) is 19.1 Å². The first-order valence-electron chi connectivity index (χ1n) is 9.75. The number of pyridine rings is 1. The van der Waals surface area contributed by atoms with Crippen molar-refractivity contribution in [3.05, 3.63) is 41.7 Å². The van der Waals surface area contributed by atoms with E-state index in [0.29, 0.717) is 30.2 Å². The number of carbonyl (C=O) groups excluding carboxylic acids is 2. The van der Waals surface area contributed by atoms with Crippen LogP contribution in [-0.4, -0.2) is 50.7 Å². The van der Waals surface area contributed by atoms with Gasteiger partial charge in [-0.15, -0.1) is 0 Å². The first-order valence-corrected chi connectivity index (χ1v) is 9.75. The highest BCUT2D eigenvalue weighted by atomic mass is 16.5. The van der Waals surface area contributed by atoms with Crippen LogP contribution in [0.25, 0.3) is 11.0 Å². The van der Waals surface area contributed by atoms with E-state index < -0.39 is 5.91 Å². The molecule has 9 heteroatoms. The highest BCUT2D eigenvalue weighted by Gasteiger charge is 2.25. The molecule has 0 radical (unpaired) electrons. The van der Waals surface area contributed by atoms with Gasteiger partial charge in [0.05, 0.1) is 28.9 Å². The molecule has 30 heavy (non-hydrogen) atoms. The number of hydrogen-bond acceptors (Lipinski definition) is 6. The lowest BCUT2D eigenvalue weighted by Crippen LogP contribution is -2.28. The van der Waals surface area contributed by atoms with E-state index in [9.17, 15) is 9.59 Å². The highest BCUT2D eigenvalue weighted by molar-refractivity contribution is 6.07. The molecule has 1 aliphatic rings. The minimum absolute atomic E-state index is 0.0430. The average Bonchev–Trinajstić information content (AvgIpc) is 3.27. The fourth-order valence-electron chi connectivity index (χ4n) is 3.82. The Bertz CT molecular complexity index is 1140. The Morgan fingerprint density at radius 3 is 2.83 bits per heavy atom. The third-order valence-corrected chi connectivity index (χ3v) is 5.29. The number of rotatable bonds is 5. The summed E-state index contributed by atoms with van der Waals surface area (Å²) in [4.78, 5) is 29.7. The van der Waals surface area contributed by atoms with Gasteiger partial charge in [0.25, 0.3) is 5.91 Å². The molecule has 1 atom stereocenters. The molecule has 9 nitrogen and oxygen atoms in total. The summed E-state index contributed by atoms with van der Waals surface area (Å²) >= 11 is 0. The first-order chi connectivity index (χ1) is 14.3. The Kier molecular flexibility index (Phi) is 5.03. The normalized spacial score (nSPS) is 16.1. The number of nitrogens with zero attached hydrogens (tertiary/aromatic N) is 4. The summed E-state index contributed by atoms with van der Waals surface area (Å²) in [5.41, 5.74) is 8.59. The number of carbonyl (C=O) groups is 2. The molecule has 2 amide bonds. The number of aromatic nitrogens is 3.